The topological polar surface area (TPSA) is 67.5 Å². The van der Waals surface area contributed by atoms with Gasteiger partial charge in [0.05, 0.1) is 19.0 Å². The Labute approximate surface area is 161 Å². The van der Waals surface area contributed by atoms with Gasteiger partial charge in [0.1, 0.15) is 17.3 Å². The Morgan fingerprint density at radius 2 is 2.11 bits per heavy atom. The molecule has 0 spiro atoms. The summed E-state index contributed by atoms with van der Waals surface area (Å²) in [4.78, 5) is 13.7. The van der Waals surface area contributed by atoms with Gasteiger partial charge in [-0.2, -0.15) is 5.10 Å². The second-order valence-electron chi connectivity index (χ2n) is 6.69. The minimum atomic E-state index is -0.589. The standard InChI is InChI=1S/C21H20FN3O3/c1-13-8-9-16-19(25(13)21(26)27-2)18(22)10-17(14-11-23-24-12-14)20(16)28-15-6-4-3-5-7-15/h3-7,10-13H,8-9H2,1-2H3,(H,23,24). The summed E-state index contributed by atoms with van der Waals surface area (Å²) in [5.41, 5.74) is 2.14. The fourth-order valence-electron chi connectivity index (χ4n) is 3.58. The van der Waals surface area contributed by atoms with Crippen LogP contribution in [0, 0.1) is 5.82 Å². The molecule has 1 aliphatic rings. The summed E-state index contributed by atoms with van der Waals surface area (Å²) < 4.78 is 26.3. The molecule has 28 heavy (non-hydrogen) atoms. The van der Waals surface area contributed by atoms with Crippen molar-refractivity contribution in [3.63, 3.8) is 0 Å². The Morgan fingerprint density at radius 3 is 2.79 bits per heavy atom. The Kier molecular flexibility index (Phi) is 4.73. The van der Waals surface area contributed by atoms with Gasteiger partial charge < -0.3 is 9.47 Å². The molecule has 1 amide bonds. The molecule has 2 heterocycles. The van der Waals surface area contributed by atoms with Crippen LogP contribution in [0.4, 0.5) is 14.9 Å². The molecule has 0 aliphatic carbocycles. The molecule has 1 unspecified atom stereocenters. The number of ether oxygens (including phenoxy) is 2. The number of fused-ring (bicyclic) bond motifs is 1. The number of aromatic nitrogens is 2. The Hall–Kier alpha value is -3.35. The minimum Gasteiger partial charge on any atom is -0.456 e. The predicted molar refractivity (Wildman–Crippen MR) is 103 cm³/mol. The molecular formula is C21H20FN3O3. The van der Waals surface area contributed by atoms with E-state index in [-0.39, 0.29) is 11.7 Å². The van der Waals surface area contributed by atoms with E-state index in [4.69, 9.17) is 9.47 Å². The molecule has 0 bridgehead atoms. The molecule has 3 aromatic rings. The number of para-hydroxylation sites is 1. The van der Waals surface area contributed by atoms with Gasteiger partial charge in [-0.25, -0.2) is 9.18 Å². The van der Waals surface area contributed by atoms with Gasteiger partial charge in [-0.3, -0.25) is 10.00 Å². The van der Waals surface area contributed by atoms with Crippen LogP contribution in [0.5, 0.6) is 11.5 Å². The lowest BCUT2D eigenvalue weighted by atomic mass is 9.92. The van der Waals surface area contributed by atoms with Crippen molar-refractivity contribution in [2.45, 2.75) is 25.8 Å². The maximum Gasteiger partial charge on any atom is 0.414 e. The predicted octanol–water partition coefficient (Wildman–Crippen LogP) is 4.92. The first-order valence-electron chi connectivity index (χ1n) is 9.04. The van der Waals surface area contributed by atoms with Crippen LogP contribution in [0.25, 0.3) is 11.1 Å². The number of methoxy groups -OCH3 is 1. The first kappa shape index (κ1) is 18.0. The number of anilines is 1. The van der Waals surface area contributed by atoms with E-state index >= 15 is 4.39 Å². The molecule has 6 nitrogen and oxygen atoms in total. The number of nitrogens with one attached hydrogen (secondary N) is 1. The molecule has 0 fully saturated rings. The lowest BCUT2D eigenvalue weighted by molar-refractivity contribution is 0.175. The first-order chi connectivity index (χ1) is 13.6. The number of hydrogen-bond acceptors (Lipinski definition) is 4. The van der Waals surface area contributed by atoms with Crippen LogP contribution in [0.2, 0.25) is 0 Å². The minimum absolute atomic E-state index is 0.182. The fraction of sp³-hybridized carbons (Fsp3) is 0.238. The molecule has 0 radical (unpaired) electrons. The molecule has 4 rings (SSSR count). The smallest absolute Gasteiger partial charge is 0.414 e. The van der Waals surface area contributed by atoms with Crippen molar-refractivity contribution in [3.05, 3.63) is 60.2 Å². The molecular weight excluding hydrogens is 361 g/mol. The van der Waals surface area contributed by atoms with Crippen molar-refractivity contribution in [2.24, 2.45) is 0 Å². The number of hydrogen-bond donors (Lipinski definition) is 1. The summed E-state index contributed by atoms with van der Waals surface area (Å²) in [6.45, 7) is 1.88. The zero-order valence-electron chi connectivity index (χ0n) is 15.6. The molecule has 0 saturated carbocycles. The van der Waals surface area contributed by atoms with Crippen LogP contribution in [0.15, 0.2) is 48.8 Å². The van der Waals surface area contributed by atoms with Gasteiger partial charge in [-0.15, -0.1) is 0 Å². The summed E-state index contributed by atoms with van der Waals surface area (Å²) in [6, 6.07) is 10.5. The third kappa shape index (κ3) is 3.09. The number of nitrogens with zero attached hydrogens (tertiary/aromatic N) is 2. The van der Waals surface area contributed by atoms with Crippen LogP contribution >= 0.6 is 0 Å². The Morgan fingerprint density at radius 1 is 1.32 bits per heavy atom. The van der Waals surface area contributed by atoms with Crippen LogP contribution in [0.3, 0.4) is 0 Å². The highest BCUT2D eigenvalue weighted by molar-refractivity contribution is 5.92. The Balaban J connectivity index is 1.93. The first-order valence-corrected chi connectivity index (χ1v) is 9.04. The van der Waals surface area contributed by atoms with Crippen molar-refractivity contribution in [2.75, 3.05) is 12.0 Å². The molecule has 0 saturated heterocycles. The normalized spacial score (nSPS) is 15.8. The van der Waals surface area contributed by atoms with Gasteiger partial charge >= 0.3 is 6.09 Å². The highest BCUT2D eigenvalue weighted by Crippen LogP contribution is 2.46. The van der Waals surface area contributed by atoms with Gasteiger partial charge in [0.15, 0.2) is 0 Å². The second-order valence-corrected chi connectivity index (χ2v) is 6.69. The number of carbonyl (C=O) groups excluding carboxylic acids is 1. The van der Waals surface area contributed by atoms with Crippen molar-refractivity contribution in [3.8, 4) is 22.6 Å². The average Bonchev–Trinajstić information content (AvgIpc) is 3.24. The molecule has 7 heteroatoms. The maximum absolute atomic E-state index is 15.2. The van der Waals surface area contributed by atoms with E-state index < -0.39 is 11.9 Å². The van der Waals surface area contributed by atoms with Crippen LogP contribution in [0.1, 0.15) is 18.9 Å². The van der Waals surface area contributed by atoms with Crippen LogP contribution in [-0.4, -0.2) is 29.4 Å². The number of amides is 1. The summed E-state index contributed by atoms with van der Waals surface area (Å²) in [7, 11) is 1.29. The van der Waals surface area contributed by atoms with E-state index in [1.54, 1.807) is 12.4 Å². The third-order valence-corrected chi connectivity index (χ3v) is 4.94. The maximum atomic E-state index is 15.2. The highest BCUT2D eigenvalue weighted by atomic mass is 19.1. The summed E-state index contributed by atoms with van der Waals surface area (Å²) in [5.74, 6) is 0.651. The average molecular weight is 381 g/mol. The van der Waals surface area contributed by atoms with E-state index in [1.807, 2.05) is 37.3 Å². The monoisotopic (exact) mass is 381 g/mol. The number of H-pyrrole nitrogens is 1. The summed E-state index contributed by atoms with van der Waals surface area (Å²) >= 11 is 0. The molecule has 2 aromatic carbocycles. The van der Waals surface area contributed by atoms with E-state index in [1.165, 1.54) is 18.1 Å². The number of halogens is 1. The van der Waals surface area contributed by atoms with E-state index in [0.717, 1.165) is 0 Å². The van der Waals surface area contributed by atoms with Crippen LogP contribution < -0.4 is 9.64 Å². The van der Waals surface area contributed by atoms with Gasteiger partial charge in [0.25, 0.3) is 0 Å². The number of aromatic amines is 1. The number of carbonyl (C=O) groups is 1. The molecule has 144 valence electrons. The van der Waals surface area contributed by atoms with Gasteiger partial charge in [0.2, 0.25) is 0 Å². The zero-order valence-corrected chi connectivity index (χ0v) is 15.6. The van der Waals surface area contributed by atoms with Crippen molar-refractivity contribution in [1.82, 2.24) is 10.2 Å². The quantitative estimate of drug-likeness (QED) is 0.700. The molecule has 1 atom stereocenters. The third-order valence-electron chi connectivity index (χ3n) is 4.94. The summed E-state index contributed by atoms with van der Waals surface area (Å²) in [6.07, 6.45) is 3.95. The SMILES string of the molecule is COC(=O)N1c2c(F)cc(-c3cn[nH]c3)c(Oc3ccccc3)c2CCC1C. The van der Waals surface area contributed by atoms with E-state index in [2.05, 4.69) is 10.2 Å². The van der Waals surface area contributed by atoms with E-state index in [0.29, 0.717) is 41.0 Å². The van der Waals surface area contributed by atoms with Crippen LogP contribution in [-0.2, 0) is 11.2 Å². The van der Waals surface area contributed by atoms with Gasteiger partial charge in [-0.05, 0) is 38.0 Å². The number of rotatable bonds is 3. The molecule has 1 aromatic heterocycles. The fourth-order valence-corrected chi connectivity index (χ4v) is 3.58. The lowest BCUT2D eigenvalue weighted by Gasteiger charge is -2.35. The molecule has 1 aliphatic heterocycles. The van der Waals surface area contributed by atoms with Crippen molar-refractivity contribution in [1.29, 1.82) is 0 Å². The van der Waals surface area contributed by atoms with E-state index in [9.17, 15) is 4.79 Å². The number of benzene rings is 2. The lowest BCUT2D eigenvalue weighted by Crippen LogP contribution is -2.42. The zero-order chi connectivity index (χ0) is 19.7. The second kappa shape index (κ2) is 7.34. The van der Waals surface area contributed by atoms with Gasteiger partial charge in [0, 0.05) is 28.9 Å². The van der Waals surface area contributed by atoms with Crippen molar-refractivity contribution < 1.29 is 18.7 Å². The largest absolute Gasteiger partial charge is 0.456 e. The van der Waals surface area contributed by atoms with Crippen molar-refractivity contribution >= 4 is 11.8 Å². The highest BCUT2D eigenvalue weighted by Gasteiger charge is 2.35. The van der Waals surface area contributed by atoms with Gasteiger partial charge in [-0.1, -0.05) is 18.2 Å². The summed E-state index contributed by atoms with van der Waals surface area (Å²) in [5, 5.41) is 6.72. The Bertz CT molecular complexity index is 990. The molecule has 1 N–H and O–H groups in total.